The summed E-state index contributed by atoms with van der Waals surface area (Å²) in [6, 6.07) is 8.63. The molecule has 21 heavy (non-hydrogen) atoms. The standard InChI is InChI=1S/C18H25N3/c1-2-4-18-17(3-1)16(13-19-18)7-8-20-9-11-21(12-10-20)14-15-5-6-15/h1-4,13,15,19H,5-12,14H2. The molecule has 1 N–H and O–H groups in total. The predicted octanol–water partition coefficient (Wildman–Crippen LogP) is 2.74. The van der Waals surface area contributed by atoms with Gasteiger partial charge in [-0.3, -0.25) is 0 Å². The number of benzene rings is 1. The summed E-state index contributed by atoms with van der Waals surface area (Å²) in [5.74, 6) is 1.03. The van der Waals surface area contributed by atoms with Crippen LogP contribution in [0, 0.1) is 5.92 Å². The summed E-state index contributed by atoms with van der Waals surface area (Å²) < 4.78 is 0. The third-order valence-corrected chi connectivity index (χ3v) is 5.05. The molecule has 112 valence electrons. The van der Waals surface area contributed by atoms with E-state index in [4.69, 9.17) is 0 Å². The molecule has 0 amide bonds. The van der Waals surface area contributed by atoms with E-state index >= 15 is 0 Å². The van der Waals surface area contributed by atoms with E-state index in [1.54, 1.807) is 0 Å². The van der Waals surface area contributed by atoms with E-state index in [-0.39, 0.29) is 0 Å². The zero-order valence-electron chi connectivity index (χ0n) is 12.7. The third kappa shape index (κ3) is 3.14. The first-order chi connectivity index (χ1) is 10.4. The van der Waals surface area contributed by atoms with Crippen LogP contribution in [-0.2, 0) is 6.42 Å². The Morgan fingerprint density at radius 1 is 1.00 bits per heavy atom. The average Bonchev–Trinajstić information content (AvgIpc) is 3.25. The predicted molar refractivity (Wildman–Crippen MR) is 87.6 cm³/mol. The lowest BCUT2D eigenvalue weighted by Gasteiger charge is -2.34. The highest BCUT2D eigenvalue weighted by molar-refractivity contribution is 5.83. The summed E-state index contributed by atoms with van der Waals surface area (Å²) in [5.41, 5.74) is 2.73. The highest BCUT2D eigenvalue weighted by atomic mass is 15.3. The van der Waals surface area contributed by atoms with Crippen molar-refractivity contribution in [1.29, 1.82) is 0 Å². The number of aromatic nitrogens is 1. The summed E-state index contributed by atoms with van der Waals surface area (Å²) >= 11 is 0. The molecule has 0 unspecified atom stereocenters. The van der Waals surface area contributed by atoms with Gasteiger partial charge in [0, 0.05) is 56.4 Å². The zero-order valence-corrected chi connectivity index (χ0v) is 12.7. The van der Waals surface area contributed by atoms with Crippen LogP contribution in [0.4, 0.5) is 0 Å². The highest BCUT2D eigenvalue weighted by Gasteiger charge is 2.26. The number of nitrogens with zero attached hydrogens (tertiary/aromatic N) is 2. The molecule has 1 saturated heterocycles. The highest BCUT2D eigenvalue weighted by Crippen LogP contribution is 2.29. The second kappa shape index (κ2) is 5.82. The van der Waals surface area contributed by atoms with E-state index < -0.39 is 0 Å². The van der Waals surface area contributed by atoms with Gasteiger partial charge in [-0.1, -0.05) is 18.2 Å². The van der Waals surface area contributed by atoms with Crippen LogP contribution in [0.2, 0.25) is 0 Å². The molecule has 2 fully saturated rings. The fraction of sp³-hybridized carbons (Fsp3) is 0.556. The molecule has 1 aliphatic heterocycles. The lowest BCUT2D eigenvalue weighted by molar-refractivity contribution is 0.129. The molecule has 2 aliphatic rings. The van der Waals surface area contributed by atoms with E-state index in [1.165, 1.54) is 68.6 Å². The van der Waals surface area contributed by atoms with Gasteiger partial charge in [-0.25, -0.2) is 0 Å². The Labute approximate surface area is 126 Å². The van der Waals surface area contributed by atoms with Gasteiger partial charge in [0.25, 0.3) is 0 Å². The van der Waals surface area contributed by atoms with Crippen molar-refractivity contribution in [1.82, 2.24) is 14.8 Å². The van der Waals surface area contributed by atoms with E-state index in [1.807, 2.05) is 0 Å². The number of fused-ring (bicyclic) bond motifs is 1. The Morgan fingerprint density at radius 3 is 2.57 bits per heavy atom. The van der Waals surface area contributed by atoms with Gasteiger partial charge in [-0.15, -0.1) is 0 Å². The van der Waals surface area contributed by atoms with Crippen molar-refractivity contribution in [2.24, 2.45) is 5.92 Å². The number of H-pyrrole nitrogens is 1. The van der Waals surface area contributed by atoms with Gasteiger partial charge < -0.3 is 14.8 Å². The van der Waals surface area contributed by atoms with Crippen LogP contribution in [0.3, 0.4) is 0 Å². The fourth-order valence-corrected chi connectivity index (χ4v) is 3.48. The molecule has 0 radical (unpaired) electrons. The molecule has 3 heteroatoms. The summed E-state index contributed by atoms with van der Waals surface area (Å²) in [6.07, 6.45) is 6.29. The quantitative estimate of drug-likeness (QED) is 0.911. The SMILES string of the molecule is c1ccc2c(CCN3CCN(CC4CC4)CC3)c[nH]c2c1. The molecule has 3 nitrogen and oxygen atoms in total. The number of para-hydroxylation sites is 1. The first kappa shape index (κ1) is 13.4. The minimum atomic E-state index is 1.03. The molecule has 1 aromatic carbocycles. The second-order valence-electron chi connectivity index (χ2n) is 6.70. The van der Waals surface area contributed by atoms with Crippen molar-refractivity contribution >= 4 is 10.9 Å². The van der Waals surface area contributed by atoms with Crippen molar-refractivity contribution < 1.29 is 0 Å². The van der Waals surface area contributed by atoms with Gasteiger partial charge in [0.2, 0.25) is 0 Å². The Hall–Kier alpha value is -1.32. The molecule has 1 saturated carbocycles. The Morgan fingerprint density at radius 2 is 1.76 bits per heavy atom. The molecule has 4 rings (SSSR count). The maximum absolute atomic E-state index is 3.38. The minimum Gasteiger partial charge on any atom is -0.361 e. The van der Waals surface area contributed by atoms with E-state index in [2.05, 4.69) is 45.2 Å². The molecular weight excluding hydrogens is 258 g/mol. The number of hydrogen-bond donors (Lipinski definition) is 1. The third-order valence-electron chi connectivity index (χ3n) is 5.05. The Bertz CT molecular complexity index is 591. The van der Waals surface area contributed by atoms with Crippen LogP contribution >= 0.6 is 0 Å². The summed E-state index contributed by atoms with van der Waals surface area (Å²) in [7, 11) is 0. The molecule has 2 aromatic rings. The molecule has 1 aliphatic carbocycles. The van der Waals surface area contributed by atoms with Crippen molar-refractivity contribution in [3.05, 3.63) is 36.0 Å². The van der Waals surface area contributed by atoms with Gasteiger partial charge in [0.15, 0.2) is 0 Å². The maximum Gasteiger partial charge on any atom is 0.0456 e. The van der Waals surface area contributed by atoms with Crippen LogP contribution in [0.25, 0.3) is 10.9 Å². The van der Waals surface area contributed by atoms with Gasteiger partial charge in [-0.05, 0) is 36.8 Å². The van der Waals surface area contributed by atoms with E-state index in [9.17, 15) is 0 Å². The van der Waals surface area contributed by atoms with Crippen molar-refractivity contribution in [2.45, 2.75) is 19.3 Å². The van der Waals surface area contributed by atoms with Crippen molar-refractivity contribution in [2.75, 3.05) is 39.3 Å². The van der Waals surface area contributed by atoms with Crippen LogP contribution in [0.15, 0.2) is 30.5 Å². The summed E-state index contributed by atoms with van der Waals surface area (Å²) in [6.45, 7) is 7.58. The van der Waals surface area contributed by atoms with Crippen LogP contribution < -0.4 is 0 Å². The number of nitrogens with one attached hydrogen (secondary N) is 1. The largest absolute Gasteiger partial charge is 0.361 e. The lowest BCUT2D eigenvalue weighted by Crippen LogP contribution is -2.47. The number of rotatable bonds is 5. The van der Waals surface area contributed by atoms with Crippen molar-refractivity contribution in [3.63, 3.8) is 0 Å². The smallest absolute Gasteiger partial charge is 0.0456 e. The lowest BCUT2D eigenvalue weighted by atomic mass is 10.1. The minimum absolute atomic E-state index is 1.03. The average molecular weight is 283 g/mol. The monoisotopic (exact) mass is 283 g/mol. The van der Waals surface area contributed by atoms with E-state index in [0.717, 1.165) is 12.3 Å². The fourth-order valence-electron chi connectivity index (χ4n) is 3.48. The first-order valence-electron chi connectivity index (χ1n) is 8.38. The topological polar surface area (TPSA) is 22.3 Å². The van der Waals surface area contributed by atoms with Gasteiger partial charge in [0.05, 0.1) is 0 Å². The molecule has 0 spiro atoms. The number of piperazine rings is 1. The Balaban J connectivity index is 1.29. The zero-order chi connectivity index (χ0) is 14.1. The maximum atomic E-state index is 3.38. The van der Waals surface area contributed by atoms with Crippen LogP contribution in [-0.4, -0.2) is 54.1 Å². The molecule has 0 bridgehead atoms. The summed E-state index contributed by atoms with van der Waals surface area (Å²) in [4.78, 5) is 8.68. The first-order valence-corrected chi connectivity index (χ1v) is 8.38. The molecule has 0 atom stereocenters. The molecule has 2 heterocycles. The normalized spacial score (nSPS) is 21.1. The van der Waals surface area contributed by atoms with E-state index in [0.29, 0.717) is 0 Å². The Kier molecular flexibility index (Phi) is 3.70. The van der Waals surface area contributed by atoms with Crippen molar-refractivity contribution in [3.8, 4) is 0 Å². The number of aromatic amines is 1. The molecular formula is C18H25N3. The van der Waals surface area contributed by atoms with Gasteiger partial charge >= 0.3 is 0 Å². The van der Waals surface area contributed by atoms with Crippen LogP contribution in [0.5, 0.6) is 0 Å². The summed E-state index contributed by atoms with van der Waals surface area (Å²) in [5, 5.41) is 1.39. The van der Waals surface area contributed by atoms with Gasteiger partial charge in [0.1, 0.15) is 0 Å². The van der Waals surface area contributed by atoms with Crippen LogP contribution in [0.1, 0.15) is 18.4 Å². The number of hydrogen-bond acceptors (Lipinski definition) is 2. The molecule has 1 aromatic heterocycles. The van der Waals surface area contributed by atoms with Gasteiger partial charge in [-0.2, -0.15) is 0 Å². The second-order valence-corrected chi connectivity index (χ2v) is 6.70.